The first kappa shape index (κ1) is 16.4. The molecular formula is C15H30N2O2. The van der Waals surface area contributed by atoms with Gasteiger partial charge in [0.1, 0.15) is 0 Å². The normalized spacial score (nSPS) is 19.2. The standard InChI is InChI=1S/C15H30N2O2/c1-4-15(5-2,11-18)17-12(3)14(19)16-13-9-7-6-8-10-13/h12-13,17-18H,4-11H2,1-3H3,(H,16,19). The number of amides is 1. The zero-order valence-electron chi connectivity index (χ0n) is 12.7. The highest BCUT2D eigenvalue weighted by Crippen LogP contribution is 2.18. The average molecular weight is 270 g/mol. The Hall–Kier alpha value is -0.610. The molecule has 1 unspecified atom stereocenters. The minimum Gasteiger partial charge on any atom is -0.394 e. The zero-order valence-corrected chi connectivity index (χ0v) is 12.7. The van der Waals surface area contributed by atoms with Gasteiger partial charge in [0, 0.05) is 11.6 Å². The fourth-order valence-electron chi connectivity index (χ4n) is 2.82. The summed E-state index contributed by atoms with van der Waals surface area (Å²) in [4.78, 5) is 12.2. The SMILES string of the molecule is CCC(CC)(CO)NC(C)C(=O)NC1CCCCC1. The van der Waals surface area contributed by atoms with Crippen LogP contribution in [0.15, 0.2) is 0 Å². The van der Waals surface area contributed by atoms with Crippen LogP contribution in [0.3, 0.4) is 0 Å². The van der Waals surface area contributed by atoms with E-state index in [1.54, 1.807) is 0 Å². The number of hydrogen-bond acceptors (Lipinski definition) is 3. The topological polar surface area (TPSA) is 61.4 Å². The van der Waals surface area contributed by atoms with Crippen LogP contribution in [-0.4, -0.2) is 35.2 Å². The molecule has 0 aromatic carbocycles. The van der Waals surface area contributed by atoms with Crippen molar-refractivity contribution in [3.63, 3.8) is 0 Å². The largest absolute Gasteiger partial charge is 0.394 e. The van der Waals surface area contributed by atoms with Crippen molar-refractivity contribution in [2.24, 2.45) is 0 Å². The lowest BCUT2D eigenvalue weighted by Gasteiger charge is -2.34. The Kier molecular flexibility index (Phi) is 6.80. The quantitative estimate of drug-likeness (QED) is 0.663. The van der Waals surface area contributed by atoms with Gasteiger partial charge in [0.2, 0.25) is 5.91 Å². The van der Waals surface area contributed by atoms with Gasteiger partial charge in [0.15, 0.2) is 0 Å². The van der Waals surface area contributed by atoms with Crippen molar-refractivity contribution in [2.45, 2.75) is 83.3 Å². The number of nitrogens with one attached hydrogen (secondary N) is 2. The van der Waals surface area contributed by atoms with Crippen LogP contribution in [0.2, 0.25) is 0 Å². The van der Waals surface area contributed by atoms with E-state index in [0.29, 0.717) is 6.04 Å². The van der Waals surface area contributed by atoms with Gasteiger partial charge in [-0.15, -0.1) is 0 Å². The number of rotatable bonds is 7. The summed E-state index contributed by atoms with van der Waals surface area (Å²) in [5.74, 6) is 0.0617. The Bertz CT molecular complexity index is 263. The average Bonchev–Trinajstić information content (AvgIpc) is 2.45. The number of aliphatic hydroxyl groups is 1. The number of aliphatic hydroxyl groups excluding tert-OH is 1. The Balaban J connectivity index is 2.46. The monoisotopic (exact) mass is 270 g/mol. The summed E-state index contributed by atoms with van der Waals surface area (Å²) >= 11 is 0. The molecule has 0 aromatic heterocycles. The van der Waals surface area contributed by atoms with Crippen LogP contribution < -0.4 is 10.6 Å². The fourth-order valence-corrected chi connectivity index (χ4v) is 2.82. The van der Waals surface area contributed by atoms with E-state index < -0.39 is 0 Å². The van der Waals surface area contributed by atoms with Crippen LogP contribution in [0.1, 0.15) is 65.7 Å². The van der Waals surface area contributed by atoms with Gasteiger partial charge < -0.3 is 10.4 Å². The first-order chi connectivity index (χ1) is 9.06. The van der Waals surface area contributed by atoms with Gasteiger partial charge in [0.05, 0.1) is 12.6 Å². The highest BCUT2D eigenvalue weighted by Gasteiger charge is 2.29. The van der Waals surface area contributed by atoms with E-state index in [1.807, 2.05) is 20.8 Å². The van der Waals surface area contributed by atoms with Crippen LogP contribution in [-0.2, 0) is 4.79 Å². The summed E-state index contributed by atoms with van der Waals surface area (Å²) in [6.07, 6.45) is 7.58. The van der Waals surface area contributed by atoms with Crippen LogP contribution in [0.5, 0.6) is 0 Å². The van der Waals surface area contributed by atoms with E-state index in [4.69, 9.17) is 0 Å². The molecule has 0 radical (unpaired) electrons. The number of hydrogen-bond donors (Lipinski definition) is 3. The molecule has 1 fully saturated rings. The maximum Gasteiger partial charge on any atom is 0.237 e. The summed E-state index contributed by atoms with van der Waals surface area (Å²) in [7, 11) is 0. The molecule has 19 heavy (non-hydrogen) atoms. The third-order valence-electron chi connectivity index (χ3n) is 4.52. The third kappa shape index (κ3) is 4.77. The van der Waals surface area contributed by atoms with Gasteiger partial charge in [0.25, 0.3) is 0 Å². The molecular weight excluding hydrogens is 240 g/mol. The van der Waals surface area contributed by atoms with Crippen molar-refractivity contribution in [1.29, 1.82) is 0 Å². The second kappa shape index (κ2) is 7.85. The predicted octanol–water partition coefficient (Wildman–Crippen LogP) is 1.96. The minimum absolute atomic E-state index is 0.0617. The summed E-state index contributed by atoms with van der Waals surface area (Å²) in [6, 6.07) is 0.0891. The maximum absolute atomic E-state index is 12.2. The van der Waals surface area contributed by atoms with Crippen molar-refractivity contribution < 1.29 is 9.90 Å². The lowest BCUT2D eigenvalue weighted by Crippen LogP contribution is -2.57. The first-order valence-electron chi connectivity index (χ1n) is 7.76. The van der Waals surface area contributed by atoms with Gasteiger partial charge >= 0.3 is 0 Å². The van der Waals surface area contributed by atoms with E-state index in [2.05, 4.69) is 10.6 Å². The third-order valence-corrected chi connectivity index (χ3v) is 4.52. The molecule has 1 aliphatic rings. The summed E-state index contributed by atoms with van der Waals surface area (Å²) in [5, 5.41) is 16.0. The first-order valence-corrected chi connectivity index (χ1v) is 7.76. The molecule has 0 aromatic rings. The smallest absolute Gasteiger partial charge is 0.237 e. The van der Waals surface area contributed by atoms with Crippen molar-refractivity contribution in [1.82, 2.24) is 10.6 Å². The van der Waals surface area contributed by atoms with Gasteiger partial charge in [-0.05, 0) is 32.6 Å². The molecule has 1 aliphatic carbocycles. The van der Waals surface area contributed by atoms with Crippen molar-refractivity contribution in [3.05, 3.63) is 0 Å². The van der Waals surface area contributed by atoms with Crippen LogP contribution >= 0.6 is 0 Å². The Morgan fingerprint density at radius 2 is 1.84 bits per heavy atom. The number of carbonyl (C=O) groups is 1. The Morgan fingerprint density at radius 1 is 1.26 bits per heavy atom. The van der Waals surface area contributed by atoms with Crippen LogP contribution in [0.4, 0.5) is 0 Å². The molecule has 0 aliphatic heterocycles. The molecule has 0 spiro atoms. The Labute approximate surface area is 117 Å². The van der Waals surface area contributed by atoms with Gasteiger partial charge in [-0.1, -0.05) is 33.1 Å². The molecule has 0 bridgehead atoms. The lowest BCUT2D eigenvalue weighted by atomic mass is 9.92. The predicted molar refractivity (Wildman–Crippen MR) is 78.0 cm³/mol. The highest BCUT2D eigenvalue weighted by molar-refractivity contribution is 5.81. The van der Waals surface area contributed by atoms with Crippen molar-refractivity contribution in [3.8, 4) is 0 Å². The van der Waals surface area contributed by atoms with E-state index in [0.717, 1.165) is 25.7 Å². The summed E-state index contributed by atoms with van der Waals surface area (Å²) in [6.45, 7) is 6.03. The van der Waals surface area contributed by atoms with Gasteiger partial charge in [-0.3, -0.25) is 10.1 Å². The van der Waals surface area contributed by atoms with Crippen molar-refractivity contribution in [2.75, 3.05) is 6.61 Å². The molecule has 0 heterocycles. The van der Waals surface area contributed by atoms with Gasteiger partial charge in [-0.25, -0.2) is 0 Å². The number of carbonyl (C=O) groups excluding carboxylic acids is 1. The minimum atomic E-state index is -0.330. The lowest BCUT2D eigenvalue weighted by molar-refractivity contribution is -0.124. The zero-order chi connectivity index (χ0) is 14.3. The highest BCUT2D eigenvalue weighted by atomic mass is 16.3. The molecule has 4 nitrogen and oxygen atoms in total. The molecule has 1 saturated carbocycles. The van der Waals surface area contributed by atoms with Crippen LogP contribution in [0.25, 0.3) is 0 Å². The summed E-state index contributed by atoms with van der Waals surface area (Å²) < 4.78 is 0. The fraction of sp³-hybridized carbons (Fsp3) is 0.933. The second-order valence-electron chi connectivity index (χ2n) is 5.86. The molecule has 1 amide bonds. The molecule has 112 valence electrons. The Morgan fingerprint density at radius 3 is 2.32 bits per heavy atom. The summed E-state index contributed by atoms with van der Waals surface area (Å²) in [5.41, 5.74) is -0.330. The molecule has 4 heteroatoms. The van der Waals surface area contributed by atoms with Crippen molar-refractivity contribution >= 4 is 5.91 Å². The molecule has 3 N–H and O–H groups in total. The maximum atomic E-state index is 12.2. The molecule has 1 atom stereocenters. The molecule has 1 rings (SSSR count). The van der Waals surface area contributed by atoms with E-state index in [-0.39, 0.29) is 24.1 Å². The van der Waals surface area contributed by atoms with E-state index >= 15 is 0 Å². The molecule has 0 saturated heterocycles. The second-order valence-corrected chi connectivity index (χ2v) is 5.86. The van der Waals surface area contributed by atoms with Crippen LogP contribution in [0, 0.1) is 0 Å². The van der Waals surface area contributed by atoms with Gasteiger partial charge in [-0.2, -0.15) is 0 Å². The van der Waals surface area contributed by atoms with E-state index in [9.17, 15) is 9.90 Å². The van der Waals surface area contributed by atoms with E-state index in [1.165, 1.54) is 19.3 Å².